The quantitative estimate of drug-likeness (QED) is 0.898. The smallest absolute Gasteiger partial charge is 0.119 e. The standard InChI is InChI=1S/C15H21N3O/c1-11(2)19-14-6-4-13(5-7-14)15(16)10-18-9-12(3)8-17-18/h4-9,11,15H,10,16H2,1-3H3. The van der Waals surface area contributed by atoms with E-state index in [9.17, 15) is 0 Å². The number of hydrogen-bond donors (Lipinski definition) is 1. The van der Waals surface area contributed by atoms with Crippen LogP contribution in [0.25, 0.3) is 0 Å². The first-order valence-corrected chi connectivity index (χ1v) is 6.56. The Bertz CT molecular complexity index is 516. The fraction of sp³-hybridized carbons (Fsp3) is 0.400. The number of aryl methyl sites for hydroxylation is 1. The highest BCUT2D eigenvalue weighted by Gasteiger charge is 2.08. The number of nitrogens with two attached hydrogens (primary N) is 1. The van der Waals surface area contributed by atoms with Crippen LogP contribution in [0.3, 0.4) is 0 Å². The summed E-state index contributed by atoms with van der Waals surface area (Å²) < 4.78 is 7.49. The van der Waals surface area contributed by atoms with E-state index in [1.807, 2.05) is 62.1 Å². The van der Waals surface area contributed by atoms with Crippen LogP contribution in [-0.2, 0) is 6.54 Å². The van der Waals surface area contributed by atoms with E-state index in [0.717, 1.165) is 16.9 Å². The van der Waals surface area contributed by atoms with Gasteiger partial charge in [0, 0.05) is 12.2 Å². The summed E-state index contributed by atoms with van der Waals surface area (Å²) in [5, 5.41) is 4.25. The maximum Gasteiger partial charge on any atom is 0.119 e. The van der Waals surface area contributed by atoms with Gasteiger partial charge in [-0.25, -0.2) is 0 Å². The van der Waals surface area contributed by atoms with Gasteiger partial charge in [0.15, 0.2) is 0 Å². The van der Waals surface area contributed by atoms with E-state index in [-0.39, 0.29) is 12.1 Å². The van der Waals surface area contributed by atoms with Gasteiger partial charge in [-0.1, -0.05) is 12.1 Å². The third-order valence-electron chi connectivity index (χ3n) is 2.83. The average Bonchev–Trinajstić information content (AvgIpc) is 2.75. The molecule has 1 atom stereocenters. The van der Waals surface area contributed by atoms with Crippen LogP contribution >= 0.6 is 0 Å². The van der Waals surface area contributed by atoms with Gasteiger partial charge in [0.2, 0.25) is 0 Å². The summed E-state index contributed by atoms with van der Waals surface area (Å²) in [6, 6.07) is 7.89. The van der Waals surface area contributed by atoms with E-state index in [1.165, 1.54) is 0 Å². The van der Waals surface area contributed by atoms with Gasteiger partial charge in [-0.3, -0.25) is 4.68 Å². The Balaban J connectivity index is 2.01. The predicted octanol–water partition coefficient (Wildman–Crippen LogP) is 2.68. The van der Waals surface area contributed by atoms with Crippen LogP contribution in [0.1, 0.15) is 31.0 Å². The maximum atomic E-state index is 6.19. The second-order valence-corrected chi connectivity index (χ2v) is 5.08. The lowest BCUT2D eigenvalue weighted by atomic mass is 10.1. The minimum absolute atomic E-state index is 0.0626. The number of rotatable bonds is 5. The summed E-state index contributed by atoms with van der Waals surface area (Å²) in [6.45, 7) is 6.73. The molecule has 0 spiro atoms. The molecule has 0 aliphatic carbocycles. The van der Waals surface area contributed by atoms with E-state index < -0.39 is 0 Å². The molecule has 102 valence electrons. The van der Waals surface area contributed by atoms with Crippen molar-refractivity contribution in [2.24, 2.45) is 5.73 Å². The largest absolute Gasteiger partial charge is 0.491 e. The normalized spacial score (nSPS) is 12.7. The molecule has 19 heavy (non-hydrogen) atoms. The lowest BCUT2D eigenvalue weighted by molar-refractivity contribution is 0.242. The predicted molar refractivity (Wildman–Crippen MR) is 76.1 cm³/mol. The molecule has 0 radical (unpaired) electrons. The van der Waals surface area contributed by atoms with Crippen LogP contribution in [0, 0.1) is 6.92 Å². The highest BCUT2D eigenvalue weighted by Crippen LogP contribution is 2.18. The molecule has 2 rings (SSSR count). The van der Waals surface area contributed by atoms with Crippen LogP contribution in [0.5, 0.6) is 5.75 Å². The summed E-state index contributed by atoms with van der Waals surface area (Å²) in [5.41, 5.74) is 8.42. The number of nitrogens with zero attached hydrogens (tertiary/aromatic N) is 2. The molecule has 0 amide bonds. The number of ether oxygens (including phenoxy) is 1. The first kappa shape index (κ1) is 13.6. The third kappa shape index (κ3) is 3.83. The zero-order valence-corrected chi connectivity index (χ0v) is 11.7. The van der Waals surface area contributed by atoms with Gasteiger partial charge < -0.3 is 10.5 Å². The van der Waals surface area contributed by atoms with Crippen LogP contribution < -0.4 is 10.5 Å². The second-order valence-electron chi connectivity index (χ2n) is 5.08. The minimum atomic E-state index is -0.0626. The van der Waals surface area contributed by atoms with Crippen molar-refractivity contribution in [2.75, 3.05) is 0 Å². The van der Waals surface area contributed by atoms with E-state index in [2.05, 4.69) is 5.10 Å². The van der Waals surface area contributed by atoms with Crippen molar-refractivity contribution in [3.63, 3.8) is 0 Å². The molecule has 0 saturated heterocycles. The molecular weight excluding hydrogens is 238 g/mol. The van der Waals surface area contributed by atoms with Crippen molar-refractivity contribution in [3.05, 3.63) is 47.8 Å². The molecule has 1 unspecified atom stereocenters. The molecule has 4 nitrogen and oxygen atoms in total. The van der Waals surface area contributed by atoms with E-state index in [1.54, 1.807) is 0 Å². The van der Waals surface area contributed by atoms with Crippen LogP contribution in [0.15, 0.2) is 36.7 Å². The first-order chi connectivity index (χ1) is 9.04. The van der Waals surface area contributed by atoms with Crippen molar-refractivity contribution in [2.45, 2.75) is 39.5 Å². The molecule has 1 aromatic carbocycles. The van der Waals surface area contributed by atoms with Crippen molar-refractivity contribution < 1.29 is 4.74 Å². The fourth-order valence-corrected chi connectivity index (χ4v) is 1.94. The average molecular weight is 259 g/mol. The lowest BCUT2D eigenvalue weighted by Gasteiger charge is -2.14. The second kappa shape index (κ2) is 5.89. The summed E-state index contributed by atoms with van der Waals surface area (Å²) in [5.74, 6) is 0.876. The molecule has 1 aromatic heterocycles. The Kier molecular flexibility index (Phi) is 4.22. The fourth-order valence-electron chi connectivity index (χ4n) is 1.94. The van der Waals surface area contributed by atoms with Crippen molar-refractivity contribution in [1.82, 2.24) is 9.78 Å². The van der Waals surface area contributed by atoms with Crippen LogP contribution in [-0.4, -0.2) is 15.9 Å². The minimum Gasteiger partial charge on any atom is -0.491 e. The maximum absolute atomic E-state index is 6.19. The number of benzene rings is 1. The Morgan fingerprint density at radius 1 is 1.26 bits per heavy atom. The topological polar surface area (TPSA) is 53.1 Å². The molecule has 0 bridgehead atoms. The number of hydrogen-bond acceptors (Lipinski definition) is 3. The lowest BCUT2D eigenvalue weighted by Crippen LogP contribution is -2.18. The van der Waals surface area contributed by atoms with Gasteiger partial charge in [-0.05, 0) is 44.0 Å². The molecule has 0 aliphatic heterocycles. The van der Waals surface area contributed by atoms with Crippen molar-refractivity contribution in [1.29, 1.82) is 0 Å². The Morgan fingerprint density at radius 2 is 1.95 bits per heavy atom. The Hall–Kier alpha value is -1.81. The molecule has 0 saturated carbocycles. The molecular formula is C15H21N3O. The van der Waals surface area contributed by atoms with E-state index in [4.69, 9.17) is 10.5 Å². The monoisotopic (exact) mass is 259 g/mol. The van der Waals surface area contributed by atoms with E-state index >= 15 is 0 Å². The molecule has 0 fully saturated rings. The SMILES string of the molecule is Cc1cnn(CC(N)c2ccc(OC(C)C)cc2)c1. The molecule has 1 heterocycles. The summed E-state index contributed by atoms with van der Waals surface area (Å²) in [4.78, 5) is 0. The molecule has 2 N–H and O–H groups in total. The summed E-state index contributed by atoms with van der Waals surface area (Å²) in [6.07, 6.45) is 4.02. The van der Waals surface area contributed by atoms with Gasteiger partial charge >= 0.3 is 0 Å². The van der Waals surface area contributed by atoms with Crippen LogP contribution in [0.4, 0.5) is 0 Å². The third-order valence-corrected chi connectivity index (χ3v) is 2.83. The molecule has 0 aliphatic rings. The van der Waals surface area contributed by atoms with Crippen molar-refractivity contribution in [3.8, 4) is 5.75 Å². The van der Waals surface area contributed by atoms with Gasteiger partial charge in [0.05, 0.1) is 18.8 Å². The highest BCUT2D eigenvalue weighted by molar-refractivity contribution is 5.29. The first-order valence-electron chi connectivity index (χ1n) is 6.56. The summed E-state index contributed by atoms with van der Waals surface area (Å²) in [7, 11) is 0. The van der Waals surface area contributed by atoms with E-state index in [0.29, 0.717) is 6.54 Å². The molecule has 4 heteroatoms. The molecule has 2 aromatic rings. The Labute approximate surface area is 114 Å². The zero-order chi connectivity index (χ0) is 13.8. The number of aromatic nitrogens is 2. The van der Waals surface area contributed by atoms with Gasteiger partial charge in [0.25, 0.3) is 0 Å². The highest BCUT2D eigenvalue weighted by atomic mass is 16.5. The van der Waals surface area contributed by atoms with Crippen molar-refractivity contribution >= 4 is 0 Å². The Morgan fingerprint density at radius 3 is 2.47 bits per heavy atom. The van der Waals surface area contributed by atoms with Gasteiger partial charge in [0.1, 0.15) is 5.75 Å². The van der Waals surface area contributed by atoms with Crippen LogP contribution in [0.2, 0.25) is 0 Å². The summed E-state index contributed by atoms with van der Waals surface area (Å²) >= 11 is 0. The van der Waals surface area contributed by atoms with Gasteiger partial charge in [-0.15, -0.1) is 0 Å². The zero-order valence-electron chi connectivity index (χ0n) is 11.7. The van der Waals surface area contributed by atoms with Gasteiger partial charge in [-0.2, -0.15) is 5.10 Å².